The summed E-state index contributed by atoms with van der Waals surface area (Å²) in [6, 6.07) is 9.20. The second-order valence-electron chi connectivity index (χ2n) is 5.49. The van der Waals surface area contributed by atoms with Crippen LogP contribution in [0.25, 0.3) is 15.5 Å². The summed E-state index contributed by atoms with van der Waals surface area (Å²) in [5.74, 6) is 1.45. The molecule has 1 N–H and O–H groups in total. The molecule has 0 radical (unpaired) electrons. The van der Waals surface area contributed by atoms with Crippen LogP contribution in [0.3, 0.4) is 0 Å². The number of nitrogens with zero attached hydrogens (tertiary/aromatic N) is 4. The minimum atomic E-state index is -0.161. The number of para-hydroxylation sites is 1. The van der Waals surface area contributed by atoms with Crippen molar-refractivity contribution in [2.24, 2.45) is 0 Å². The first-order valence-corrected chi connectivity index (χ1v) is 8.58. The third kappa shape index (κ3) is 2.63. The first-order valence-electron chi connectivity index (χ1n) is 7.76. The van der Waals surface area contributed by atoms with Gasteiger partial charge < -0.3 is 15.0 Å². The average Bonchev–Trinajstić information content (AvgIpc) is 3.07. The Morgan fingerprint density at radius 2 is 2.04 bits per heavy atom. The van der Waals surface area contributed by atoms with Crippen molar-refractivity contribution in [3.63, 3.8) is 0 Å². The standard InChI is InChI=1S/C16H17N5O2S/c1-23-12-5-3-2-4-11(12)15-19-21-14(22)10-13(18-16(21)24-15)20-8-6-17-7-9-20/h2-5,10,17H,6-9H2,1H3. The van der Waals surface area contributed by atoms with E-state index >= 15 is 0 Å². The molecule has 24 heavy (non-hydrogen) atoms. The van der Waals surface area contributed by atoms with Gasteiger partial charge in [-0.25, -0.2) is 4.98 Å². The Balaban J connectivity index is 1.80. The molecule has 124 valence electrons. The number of piperazine rings is 1. The predicted octanol–water partition coefficient (Wildman–Crippen LogP) is 1.24. The number of fused-ring (bicyclic) bond motifs is 1. The summed E-state index contributed by atoms with van der Waals surface area (Å²) in [5, 5.41) is 8.44. The Bertz CT molecular complexity index is 930. The fourth-order valence-corrected chi connectivity index (χ4v) is 3.72. The fraction of sp³-hybridized carbons (Fsp3) is 0.312. The van der Waals surface area contributed by atoms with Gasteiger partial charge in [-0.3, -0.25) is 4.79 Å². The molecule has 8 heteroatoms. The zero-order valence-corrected chi connectivity index (χ0v) is 14.0. The first kappa shape index (κ1) is 15.1. The lowest BCUT2D eigenvalue weighted by molar-refractivity contribution is 0.416. The third-order valence-electron chi connectivity index (χ3n) is 4.01. The summed E-state index contributed by atoms with van der Waals surface area (Å²) in [7, 11) is 1.62. The molecule has 0 atom stereocenters. The number of rotatable bonds is 3. The average molecular weight is 343 g/mol. The number of anilines is 1. The van der Waals surface area contributed by atoms with Gasteiger partial charge in [0.05, 0.1) is 12.7 Å². The SMILES string of the molecule is COc1ccccc1-c1nn2c(=O)cc(N3CCNCC3)nc2s1. The van der Waals surface area contributed by atoms with E-state index < -0.39 is 0 Å². The van der Waals surface area contributed by atoms with Crippen molar-refractivity contribution in [1.29, 1.82) is 0 Å². The number of aromatic nitrogens is 3. The topological polar surface area (TPSA) is 71.8 Å². The van der Waals surface area contributed by atoms with Gasteiger partial charge >= 0.3 is 0 Å². The maximum absolute atomic E-state index is 12.4. The maximum atomic E-state index is 12.4. The molecule has 7 nitrogen and oxygen atoms in total. The molecule has 4 rings (SSSR count). The summed E-state index contributed by atoms with van der Waals surface area (Å²) in [6.45, 7) is 3.49. The molecule has 0 amide bonds. The Kier molecular flexibility index (Phi) is 3.91. The quantitative estimate of drug-likeness (QED) is 0.771. The number of benzene rings is 1. The molecule has 2 aromatic heterocycles. The second kappa shape index (κ2) is 6.21. The Morgan fingerprint density at radius 1 is 1.25 bits per heavy atom. The van der Waals surface area contributed by atoms with Gasteiger partial charge in [0, 0.05) is 32.2 Å². The van der Waals surface area contributed by atoms with Crippen LogP contribution in [0.15, 0.2) is 35.1 Å². The van der Waals surface area contributed by atoms with Crippen LogP contribution >= 0.6 is 11.3 Å². The number of methoxy groups -OCH3 is 1. The van der Waals surface area contributed by atoms with Crippen molar-refractivity contribution in [3.8, 4) is 16.3 Å². The lowest BCUT2D eigenvalue weighted by atomic mass is 10.2. The molecule has 0 saturated carbocycles. The predicted molar refractivity (Wildman–Crippen MR) is 94.2 cm³/mol. The normalized spacial score (nSPS) is 15.0. The van der Waals surface area contributed by atoms with Gasteiger partial charge in [-0.05, 0) is 12.1 Å². The Labute approximate surface area is 142 Å². The van der Waals surface area contributed by atoms with Crippen molar-refractivity contribution >= 4 is 22.1 Å². The highest BCUT2D eigenvalue weighted by atomic mass is 32.1. The molecule has 1 fully saturated rings. The van der Waals surface area contributed by atoms with E-state index in [0.29, 0.717) is 4.96 Å². The number of nitrogens with one attached hydrogen (secondary N) is 1. The lowest BCUT2D eigenvalue weighted by Gasteiger charge is -2.27. The molecule has 1 saturated heterocycles. The molecule has 1 aliphatic rings. The van der Waals surface area contributed by atoms with E-state index in [4.69, 9.17) is 4.74 Å². The molecule has 3 aromatic rings. The number of hydrogen-bond donors (Lipinski definition) is 1. The Morgan fingerprint density at radius 3 is 2.83 bits per heavy atom. The summed E-state index contributed by atoms with van der Waals surface area (Å²) in [5.41, 5.74) is 0.699. The second-order valence-corrected chi connectivity index (χ2v) is 6.45. The van der Waals surface area contributed by atoms with Crippen LogP contribution < -0.4 is 20.5 Å². The number of hydrogen-bond acceptors (Lipinski definition) is 7. The zero-order valence-electron chi connectivity index (χ0n) is 13.2. The van der Waals surface area contributed by atoms with Crippen molar-refractivity contribution in [2.75, 3.05) is 38.2 Å². The molecule has 0 aliphatic carbocycles. The molecule has 0 spiro atoms. The van der Waals surface area contributed by atoms with Crippen LogP contribution in [0, 0.1) is 0 Å². The Hall–Kier alpha value is -2.45. The van der Waals surface area contributed by atoms with Gasteiger partial charge in [-0.15, -0.1) is 0 Å². The van der Waals surface area contributed by atoms with E-state index in [9.17, 15) is 4.79 Å². The largest absolute Gasteiger partial charge is 0.496 e. The molecule has 3 heterocycles. The van der Waals surface area contributed by atoms with Crippen molar-refractivity contribution in [2.45, 2.75) is 0 Å². The third-order valence-corrected chi connectivity index (χ3v) is 4.95. The minimum absolute atomic E-state index is 0.161. The summed E-state index contributed by atoms with van der Waals surface area (Å²) < 4.78 is 6.75. The highest BCUT2D eigenvalue weighted by Crippen LogP contribution is 2.32. The van der Waals surface area contributed by atoms with Crippen LogP contribution in [0.5, 0.6) is 5.75 Å². The molecule has 0 bridgehead atoms. The summed E-state index contributed by atoms with van der Waals surface area (Å²) >= 11 is 1.39. The molecular weight excluding hydrogens is 326 g/mol. The van der Waals surface area contributed by atoms with Gasteiger partial charge in [0.1, 0.15) is 11.6 Å². The highest BCUT2D eigenvalue weighted by molar-refractivity contribution is 7.19. The molecule has 1 aromatic carbocycles. The van der Waals surface area contributed by atoms with E-state index in [1.54, 1.807) is 13.2 Å². The van der Waals surface area contributed by atoms with E-state index in [2.05, 4.69) is 20.3 Å². The van der Waals surface area contributed by atoms with E-state index in [1.807, 2.05) is 24.3 Å². The van der Waals surface area contributed by atoms with Crippen molar-refractivity contribution < 1.29 is 4.74 Å². The van der Waals surface area contributed by atoms with Crippen LogP contribution in [-0.4, -0.2) is 47.9 Å². The van der Waals surface area contributed by atoms with Crippen LogP contribution in [0.4, 0.5) is 5.82 Å². The number of ether oxygens (including phenoxy) is 1. The minimum Gasteiger partial charge on any atom is -0.496 e. The monoisotopic (exact) mass is 343 g/mol. The van der Waals surface area contributed by atoms with Crippen molar-refractivity contribution in [1.82, 2.24) is 19.9 Å². The van der Waals surface area contributed by atoms with E-state index in [0.717, 1.165) is 48.3 Å². The lowest BCUT2D eigenvalue weighted by Crippen LogP contribution is -2.44. The summed E-state index contributed by atoms with van der Waals surface area (Å²) in [4.78, 5) is 19.8. The highest BCUT2D eigenvalue weighted by Gasteiger charge is 2.17. The van der Waals surface area contributed by atoms with E-state index in [1.165, 1.54) is 15.9 Å². The fourth-order valence-electron chi connectivity index (χ4n) is 2.79. The molecule has 0 unspecified atom stereocenters. The van der Waals surface area contributed by atoms with E-state index in [-0.39, 0.29) is 5.56 Å². The van der Waals surface area contributed by atoms with Gasteiger partial charge in [0.25, 0.3) is 5.56 Å². The summed E-state index contributed by atoms with van der Waals surface area (Å²) in [6.07, 6.45) is 0. The van der Waals surface area contributed by atoms with Gasteiger partial charge in [-0.1, -0.05) is 23.5 Å². The molecular formula is C16H17N5O2S. The van der Waals surface area contributed by atoms with Crippen LogP contribution in [-0.2, 0) is 0 Å². The smallest absolute Gasteiger partial charge is 0.277 e. The zero-order chi connectivity index (χ0) is 16.5. The van der Waals surface area contributed by atoms with Crippen molar-refractivity contribution in [3.05, 3.63) is 40.7 Å². The van der Waals surface area contributed by atoms with Crippen LogP contribution in [0.2, 0.25) is 0 Å². The first-order chi connectivity index (χ1) is 11.8. The molecule has 1 aliphatic heterocycles. The van der Waals surface area contributed by atoms with Gasteiger partial charge in [0.15, 0.2) is 5.01 Å². The maximum Gasteiger partial charge on any atom is 0.277 e. The van der Waals surface area contributed by atoms with Crippen LogP contribution in [0.1, 0.15) is 0 Å². The van der Waals surface area contributed by atoms with Gasteiger partial charge in [0.2, 0.25) is 4.96 Å². The van der Waals surface area contributed by atoms with Gasteiger partial charge in [-0.2, -0.15) is 9.61 Å².